The third-order valence-corrected chi connectivity index (χ3v) is 7.20. The van der Waals surface area contributed by atoms with Crippen molar-refractivity contribution in [3.63, 3.8) is 0 Å². The Balaban J connectivity index is 0.000000323. The van der Waals surface area contributed by atoms with Crippen LogP contribution in [0.1, 0.15) is 42.4 Å². The number of methoxy groups -OCH3 is 1. The zero-order chi connectivity index (χ0) is 33.2. The van der Waals surface area contributed by atoms with Crippen molar-refractivity contribution in [3.8, 4) is 17.2 Å². The molecule has 3 heterocycles. The van der Waals surface area contributed by atoms with Crippen LogP contribution in [0.3, 0.4) is 0 Å². The highest BCUT2D eigenvalue weighted by Crippen LogP contribution is 2.43. The molecule has 2 fully saturated rings. The molecule has 2 aliphatic rings. The second kappa shape index (κ2) is 13.2. The molecule has 246 valence electrons. The largest absolute Gasteiger partial charge is 0.505 e. The Morgan fingerprint density at radius 2 is 1.33 bits per heavy atom. The molecule has 2 aromatic carbocycles. The number of rotatable bonds is 6. The van der Waals surface area contributed by atoms with E-state index >= 15 is 0 Å². The first kappa shape index (κ1) is 33.9. The van der Waals surface area contributed by atoms with Gasteiger partial charge in [-0.05, 0) is 61.4 Å². The molecule has 2 aliphatic heterocycles. The molecular formula is C29H26F10N2O4. The molecule has 3 aromatic rings. The van der Waals surface area contributed by atoms with Crippen LogP contribution in [-0.2, 0) is 23.3 Å². The Kier molecular flexibility index (Phi) is 9.94. The molecule has 2 saturated heterocycles. The first-order chi connectivity index (χ1) is 21.0. The summed E-state index contributed by atoms with van der Waals surface area (Å²) in [7, 11) is 1.36. The molecule has 0 saturated carbocycles. The summed E-state index contributed by atoms with van der Waals surface area (Å²) in [6.07, 6.45) is -10.2. The molecule has 2 unspecified atom stereocenters. The smallest absolute Gasteiger partial charge is 0.417 e. The number of alkyl halides is 9. The number of pyridine rings is 1. The molecule has 16 heteroatoms. The summed E-state index contributed by atoms with van der Waals surface area (Å²) in [6.45, 7) is -0.235. The van der Waals surface area contributed by atoms with Crippen molar-refractivity contribution >= 4 is 5.82 Å². The first-order valence-electron chi connectivity index (χ1n) is 13.3. The van der Waals surface area contributed by atoms with Crippen LogP contribution in [0.15, 0.2) is 54.7 Å². The maximum Gasteiger partial charge on any atom is 0.417 e. The van der Waals surface area contributed by atoms with E-state index in [-0.39, 0.29) is 36.5 Å². The molecule has 45 heavy (non-hydrogen) atoms. The molecule has 5 rings (SSSR count). The van der Waals surface area contributed by atoms with Gasteiger partial charge in [0.25, 0.3) is 0 Å². The lowest BCUT2D eigenvalue weighted by atomic mass is 9.99. The van der Waals surface area contributed by atoms with Crippen molar-refractivity contribution < 1.29 is 63.2 Å². The Morgan fingerprint density at radius 3 is 1.84 bits per heavy atom. The van der Waals surface area contributed by atoms with Gasteiger partial charge in [0.05, 0.1) is 16.7 Å². The highest BCUT2D eigenvalue weighted by Gasteiger charge is 2.43. The predicted octanol–water partition coefficient (Wildman–Crippen LogP) is 8.23. The maximum absolute atomic E-state index is 13.1. The Labute approximate surface area is 250 Å². The van der Waals surface area contributed by atoms with Crippen molar-refractivity contribution in [2.24, 2.45) is 0 Å². The maximum atomic E-state index is 13.1. The van der Waals surface area contributed by atoms with E-state index in [0.29, 0.717) is 36.9 Å². The number of fused-ring (bicyclic) bond motifs is 2. The molecule has 1 aromatic heterocycles. The second-order valence-corrected chi connectivity index (χ2v) is 10.3. The summed E-state index contributed by atoms with van der Waals surface area (Å²) < 4.78 is 142. The fraction of sp³-hybridized carbons (Fsp3) is 0.414. The summed E-state index contributed by atoms with van der Waals surface area (Å²) >= 11 is 0. The Morgan fingerprint density at radius 1 is 0.778 bits per heavy atom. The highest BCUT2D eigenvalue weighted by molar-refractivity contribution is 5.46. The van der Waals surface area contributed by atoms with Crippen LogP contribution >= 0.6 is 0 Å². The van der Waals surface area contributed by atoms with Gasteiger partial charge in [-0.15, -0.1) is 0 Å². The van der Waals surface area contributed by atoms with Crippen LogP contribution in [0, 0.1) is 5.82 Å². The molecule has 1 N–H and O–H groups in total. The number of phenolic OH excluding ortho intramolecular Hbond substituents is 1. The molecule has 0 aliphatic carbocycles. The number of nitrogens with zero attached hydrogens (tertiary/aromatic N) is 2. The number of hydrogen-bond donors (Lipinski definition) is 1. The van der Waals surface area contributed by atoms with Crippen LogP contribution in [0.2, 0.25) is 0 Å². The van der Waals surface area contributed by atoms with Gasteiger partial charge < -0.3 is 24.2 Å². The van der Waals surface area contributed by atoms with E-state index in [0.717, 1.165) is 37.2 Å². The van der Waals surface area contributed by atoms with Crippen molar-refractivity contribution in [2.45, 2.75) is 62.4 Å². The number of aromatic hydroxyl groups is 1. The highest BCUT2D eigenvalue weighted by atomic mass is 19.4. The van der Waals surface area contributed by atoms with E-state index in [9.17, 15) is 43.9 Å². The lowest BCUT2D eigenvalue weighted by Gasteiger charge is -2.39. The van der Waals surface area contributed by atoms with Gasteiger partial charge in [0.1, 0.15) is 11.9 Å². The summed E-state index contributed by atoms with van der Waals surface area (Å²) in [6, 6.07) is 6.94. The quantitative estimate of drug-likeness (QED) is 0.213. The summed E-state index contributed by atoms with van der Waals surface area (Å²) in [5.41, 5.74) is -2.73. The van der Waals surface area contributed by atoms with Crippen LogP contribution in [0.5, 0.6) is 17.2 Å². The first-order valence-corrected chi connectivity index (χ1v) is 13.3. The van der Waals surface area contributed by atoms with Crippen molar-refractivity contribution in [1.82, 2.24) is 4.98 Å². The van der Waals surface area contributed by atoms with Gasteiger partial charge >= 0.3 is 18.5 Å². The number of aromatic nitrogens is 1. The van der Waals surface area contributed by atoms with E-state index in [4.69, 9.17) is 19.3 Å². The van der Waals surface area contributed by atoms with Gasteiger partial charge in [-0.3, -0.25) is 0 Å². The SMILES string of the molecule is COCOc1cc(C(F)(F)F)ccc1OC1CC2CC[C@@H](C1)N2c1ccc(C(F)(F)F)cn1.Oc1cc(C(F)(F)F)ccc1F. The minimum absolute atomic E-state index is 0.00998. The van der Waals surface area contributed by atoms with Gasteiger partial charge in [0.15, 0.2) is 29.9 Å². The second-order valence-electron chi connectivity index (χ2n) is 10.3. The third-order valence-electron chi connectivity index (χ3n) is 7.20. The lowest BCUT2D eigenvalue weighted by Crippen LogP contribution is -2.46. The average Bonchev–Trinajstić information content (AvgIpc) is 3.22. The standard InChI is InChI=1S/C22H22F6N2O3.C7H4F4O/c1-31-12-32-19-8-13(21(23,24)25)2-6-18(19)33-17-9-15-4-5-16(10-17)30(15)20-7-3-14(11-29-20)22(26,27)28;8-5-2-1-4(3-6(5)12)7(9,10)11/h2-3,6-8,11,15-17H,4-5,9-10,12H2,1H3;1-3,12H/t15-,16?,17?;/m0./s1. The minimum atomic E-state index is -4.55. The number of hydrogen-bond acceptors (Lipinski definition) is 6. The van der Waals surface area contributed by atoms with E-state index in [1.165, 1.54) is 19.2 Å². The normalized spacial score (nSPS) is 20.0. The predicted molar refractivity (Wildman–Crippen MR) is 139 cm³/mol. The molecule has 0 radical (unpaired) electrons. The Bertz CT molecular complexity index is 1430. The van der Waals surface area contributed by atoms with Crippen LogP contribution in [0.25, 0.3) is 0 Å². The van der Waals surface area contributed by atoms with Crippen LogP contribution < -0.4 is 14.4 Å². The Hall–Kier alpha value is -3.95. The number of halogens is 10. The molecule has 6 nitrogen and oxygen atoms in total. The topological polar surface area (TPSA) is 64.0 Å². The molecule has 3 atom stereocenters. The van der Waals surface area contributed by atoms with Crippen molar-refractivity contribution in [3.05, 3.63) is 77.2 Å². The number of ether oxygens (including phenoxy) is 3. The minimum Gasteiger partial charge on any atom is -0.505 e. The van der Waals surface area contributed by atoms with Gasteiger partial charge in [-0.1, -0.05) is 0 Å². The van der Waals surface area contributed by atoms with E-state index in [1.807, 2.05) is 4.90 Å². The number of anilines is 1. The molecular weight excluding hydrogens is 630 g/mol. The van der Waals surface area contributed by atoms with E-state index in [2.05, 4.69) is 4.98 Å². The number of piperidine rings is 1. The number of phenols is 1. The molecule has 0 amide bonds. The third kappa shape index (κ3) is 8.41. The van der Waals surface area contributed by atoms with E-state index < -0.39 is 46.8 Å². The molecule has 2 bridgehead atoms. The zero-order valence-corrected chi connectivity index (χ0v) is 23.3. The lowest BCUT2D eigenvalue weighted by molar-refractivity contribution is -0.138. The monoisotopic (exact) mass is 656 g/mol. The van der Waals surface area contributed by atoms with Crippen molar-refractivity contribution in [2.75, 3.05) is 18.8 Å². The van der Waals surface area contributed by atoms with Gasteiger partial charge in [-0.25, -0.2) is 9.37 Å². The van der Waals surface area contributed by atoms with Gasteiger partial charge in [0, 0.05) is 38.2 Å². The van der Waals surface area contributed by atoms with Crippen LogP contribution in [-0.4, -0.2) is 42.2 Å². The van der Waals surface area contributed by atoms with Gasteiger partial charge in [0.2, 0.25) is 0 Å². The summed E-state index contributed by atoms with van der Waals surface area (Å²) in [5.74, 6) is -1.46. The summed E-state index contributed by atoms with van der Waals surface area (Å²) in [5, 5.41) is 8.59. The molecule has 0 spiro atoms. The van der Waals surface area contributed by atoms with E-state index in [1.54, 1.807) is 0 Å². The fourth-order valence-electron chi connectivity index (χ4n) is 5.19. The number of benzene rings is 2. The van der Waals surface area contributed by atoms with Gasteiger partial charge in [-0.2, -0.15) is 39.5 Å². The average molecular weight is 657 g/mol. The fourth-order valence-corrected chi connectivity index (χ4v) is 5.19. The van der Waals surface area contributed by atoms with Crippen LogP contribution in [0.4, 0.5) is 49.7 Å². The van der Waals surface area contributed by atoms with Crippen molar-refractivity contribution in [1.29, 1.82) is 0 Å². The summed E-state index contributed by atoms with van der Waals surface area (Å²) in [4.78, 5) is 6.05. The zero-order valence-electron chi connectivity index (χ0n) is 23.3.